The normalized spacial score (nSPS) is 15.1. The van der Waals surface area contributed by atoms with Crippen molar-refractivity contribution in [2.45, 2.75) is 53.4 Å². The Morgan fingerprint density at radius 1 is 1.19 bits per heavy atom. The molecule has 0 fully saturated rings. The summed E-state index contributed by atoms with van der Waals surface area (Å²) in [4.78, 5) is 15.2. The first kappa shape index (κ1) is 21.2. The Balaban J connectivity index is 1.53. The van der Waals surface area contributed by atoms with Gasteiger partial charge in [-0.1, -0.05) is 24.2 Å². The van der Waals surface area contributed by atoms with Crippen molar-refractivity contribution in [3.05, 3.63) is 40.1 Å². The maximum Gasteiger partial charge on any atom is 0.317 e. The van der Waals surface area contributed by atoms with Crippen molar-refractivity contribution in [2.75, 3.05) is 13.1 Å². The number of carboxylic acid groups (broad SMARTS) is 1. The average molecular weight is 425 g/mol. The highest BCUT2D eigenvalue weighted by atomic mass is 16.5. The molecule has 164 valence electrons. The summed E-state index contributed by atoms with van der Waals surface area (Å²) in [5.41, 5.74) is 6.23. The Hall–Kier alpha value is -3.00. The van der Waals surface area contributed by atoms with Crippen LogP contribution in [-0.2, 0) is 24.1 Å². The maximum atomic E-state index is 10.6. The van der Waals surface area contributed by atoms with Gasteiger partial charge in [-0.2, -0.15) is 4.98 Å². The Morgan fingerprint density at radius 3 is 2.65 bits per heavy atom. The number of fused-ring (bicyclic) bond motifs is 1. The van der Waals surface area contributed by atoms with Crippen molar-refractivity contribution >= 4 is 5.97 Å². The molecule has 0 saturated carbocycles. The van der Waals surface area contributed by atoms with Crippen LogP contribution in [0.3, 0.4) is 0 Å². The summed E-state index contributed by atoms with van der Waals surface area (Å²) in [7, 11) is 0. The summed E-state index contributed by atoms with van der Waals surface area (Å²) in [5.74, 6) is 0.967. The lowest BCUT2D eigenvalue weighted by Gasteiger charge is -2.27. The van der Waals surface area contributed by atoms with Crippen LogP contribution in [0, 0.1) is 19.3 Å². The number of aryl methyl sites for hydroxylation is 2. The zero-order valence-corrected chi connectivity index (χ0v) is 18.4. The molecule has 31 heavy (non-hydrogen) atoms. The van der Waals surface area contributed by atoms with E-state index >= 15 is 0 Å². The summed E-state index contributed by atoms with van der Waals surface area (Å²) >= 11 is 0. The minimum absolute atomic E-state index is 0.0366. The van der Waals surface area contributed by atoms with E-state index in [0.717, 1.165) is 53.7 Å². The molecule has 0 atom stereocenters. The molecule has 2 N–H and O–H groups in total. The largest absolute Gasteiger partial charge is 0.480 e. The van der Waals surface area contributed by atoms with Crippen LogP contribution < -0.4 is 5.32 Å². The molecule has 1 aliphatic carbocycles. The van der Waals surface area contributed by atoms with Crippen LogP contribution in [0.5, 0.6) is 0 Å². The number of carboxylic acids is 1. The zero-order chi connectivity index (χ0) is 22.2. The van der Waals surface area contributed by atoms with Crippen molar-refractivity contribution < 1.29 is 18.9 Å². The van der Waals surface area contributed by atoms with Crippen molar-refractivity contribution in [3.63, 3.8) is 0 Å². The van der Waals surface area contributed by atoms with Gasteiger partial charge in [-0.3, -0.25) is 4.79 Å². The van der Waals surface area contributed by atoms with E-state index in [9.17, 15) is 4.79 Å². The molecule has 4 rings (SSSR count). The summed E-state index contributed by atoms with van der Waals surface area (Å²) in [6, 6.07) is 4.07. The summed E-state index contributed by atoms with van der Waals surface area (Å²) in [6.07, 6.45) is 3.57. The van der Waals surface area contributed by atoms with Gasteiger partial charge in [0.1, 0.15) is 5.76 Å². The van der Waals surface area contributed by atoms with E-state index < -0.39 is 5.97 Å². The Bertz CT molecular complexity index is 1090. The second kappa shape index (κ2) is 8.26. The van der Waals surface area contributed by atoms with Crippen LogP contribution in [0.4, 0.5) is 0 Å². The number of rotatable bonds is 7. The second-order valence-electron chi connectivity index (χ2n) is 9.11. The number of aromatic nitrogens is 3. The molecular formula is C23H28N4O4. The van der Waals surface area contributed by atoms with Crippen LogP contribution in [-0.4, -0.2) is 39.5 Å². The number of carbonyl (C=O) groups is 1. The average Bonchev–Trinajstić information content (AvgIpc) is 3.32. The van der Waals surface area contributed by atoms with Gasteiger partial charge in [-0.25, -0.2) is 0 Å². The fraction of sp³-hybridized carbons (Fsp3) is 0.478. The lowest BCUT2D eigenvalue weighted by Crippen LogP contribution is -2.25. The third-order valence-electron chi connectivity index (χ3n) is 5.97. The predicted octanol–water partition coefficient (Wildman–Crippen LogP) is 3.74. The second-order valence-corrected chi connectivity index (χ2v) is 9.11. The van der Waals surface area contributed by atoms with Gasteiger partial charge in [0.15, 0.2) is 5.69 Å². The van der Waals surface area contributed by atoms with E-state index in [4.69, 9.17) is 14.2 Å². The predicted molar refractivity (Wildman–Crippen MR) is 115 cm³/mol. The Kier molecular flexibility index (Phi) is 5.66. The molecule has 8 nitrogen and oxygen atoms in total. The maximum absolute atomic E-state index is 10.6. The zero-order valence-electron chi connectivity index (χ0n) is 18.4. The summed E-state index contributed by atoms with van der Waals surface area (Å²) < 4.78 is 11.1. The van der Waals surface area contributed by atoms with Crippen LogP contribution in [0.25, 0.3) is 23.0 Å². The van der Waals surface area contributed by atoms with E-state index in [2.05, 4.69) is 34.5 Å². The lowest BCUT2D eigenvalue weighted by molar-refractivity contribution is -0.135. The number of aliphatic carboxylic acids is 1. The summed E-state index contributed by atoms with van der Waals surface area (Å²) in [5, 5.41) is 20.1. The number of nitrogens with one attached hydrogen (secondary N) is 1. The number of hydrogen-bond acceptors (Lipinski definition) is 7. The van der Waals surface area contributed by atoms with Crippen LogP contribution in [0.1, 0.15) is 48.3 Å². The Labute approximate surface area is 181 Å². The van der Waals surface area contributed by atoms with Gasteiger partial charge >= 0.3 is 5.97 Å². The number of nitrogens with zero attached hydrogens (tertiary/aromatic N) is 3. The van der Waals surface area contributed by atoms with Gasteiger partial charge in [-0.15, -0.1) is 0 Å². The standard InChI is InChI=1S/C23H28N4O4/c1-13-9-15(10-14(2)16(13)6-8-24-12-19(28)29)21-25-22(31-27-21)20-17-5-7-23(3,4)11-18(17)30-26-20/h9-10,24H,5-8,11-12H2,1-4H3,(H,28,29). The topological polar surface area (TPSA) is 114 Å². The lowest BCUT2D eigenvalue weighted by atomic mass is 9.77. The first-order valence-corrected chi connectivity index (χ1v) is 10.6. The molecule has 0 amide bonds. The molecule has 3 aromatic rings. The van der Waals surface area contributed by atoms with Gasteiger partial charge in [0.2, 0.25) is 5.82 Å². The third kappa shape index (κ3) is 4.54. The molecule has 0 spiro atoms. The van der Waals surface area contributed by atoms with Gasteiger partial charge in [0.05, 0.1) is 6.54 Å². The molecule has 8 heteroatoms. The summed E-state index contributed by atoms with van der Waals surface area (Å²) in [6.45, 7) is 9.12. The number of benzene rings is 1. The molecule has 2 aromatic heterocycles. The van der Waals surface area contributed by atoms with Crippen LogP contribution in [0.2, 0.25) is 0 Å². The molecule has 2 heterocycles. The molecule has 0 bridgehead atoms. The monoisotopic (exact) mass is 424 g/mol. The molecule has 0 radical (unpaired) electrons. The number of hydrogen-bond donors (Lipinski definition) is 2. The van der Waals surface area contributed by atoms with E-state index in [1.807, 2.05) is 26.0 Å². The van der Waals surface area contributed by atoms with Crippen molar-refractivity contribution in [1.82, 2.24) is 20.6 Å². The molecule has 0 saturated heterocycles. The fourth-order valence-corrected chi connectivity index (χ4v) is 4.26. The first-order valence-electron chi connectivity index (χ1n) is 10.6. The van der Waals surface area contributed by atoms with Gasteiger partial charge in [0, 0.05) is 17.5 Å². The molecule has 0 unspecified atom stereocenters. The van der Waals surface area contributed by atoms with E-state index in [-0.39, 0.29) is 12.0 Å². The van der Waals surface area contributed by atoms with Crippen molar-refractivity contribution in [3.8, 4) is 23.0 Å². The highest BCUT2D eigenvalue weighted by molar-refractivity contribution is 5.69. The molecule has 0 aliphatic heterocycles. The highest BCUT2D eigenvalue weighted by Crippen LogP contribution is 2.39. The smallest absolute Gasteiger partial charge is 0.317 e. The third-order valence-corrected chi connectivity index (χ3v) is 5.97. The van der Waals surface area contributed by atoms with Crippen LogP contribution in [0.15, 0.2) is 21.2 Å². The SMILES string of the molecule is Cc1cc(-c2noc(-c3noc4c3CCC(C)(C)C4)n2)cc(C)c1CCNCC(=O)O. The minimum Gasteiger partial charge on any atom is -0.480 e. The highest BCUT2D eigenvalue weighted by Gasteiger charge is 2.32. The van der Waals surface area contributed by atoms with E-state index in [0.29, 0.717) is 24.0 Å². The van der Waals surface area contributed by atoms with Gasteiger partial charge < -0.3 is 19.5 Å². The van der Waals surface area contributed by atoms with Crippen molar-refractivity contribution in [1.29, 1.82) is 0 Å². The minimum atomic E-state index is -0.853. The van der Waals surface area contributed by atoms with Gasteiger partial charge in [-0.05, 0) is 73.9 Å². The van der Waals surface area contributed by atoms with Crippen LogP contribution >= 0.6 is 0 Å². The first-order chi connectivity index (χ1) is 14.7. The molecular weight excluding hydrogens is 396 g/mol. The van der Waals surface area contributed by atoms with Crippen molar-refractivity contribution in [2.24, 2.45) is 5.41 Å². The Morgan fingerprint density at radius 2 is 1.94 bits per heavy atom. The fourth-order valence-electron chi connectivity index (χ4n) is 4.26. The van der Waals surface area contributed by atoms with E-state index in [1.165, 1.54) is 5.56 Å². The van der Waals surface area contributed by atoms with E-state index in [1.54, 1.807) is 0 Å². The molecule has 1 aromatic carbocycles. The molecule has 1 aliphatic rings. The quantitative estimate of drug-likeness (QED) is 0.551. The van der Waals surface area contributed by atoms with Gasteiger partial charge in [0.25, 0.3) is 5.89 Å².